The molecule has 0 fully saturated rings. The monoisotopic (exact) mass is 272 g/mol. The molecule has 1 unspecified atom stereocenters. The lowest BCUT2D eigenvalue weighted by atomic mass is 10.0. The van der Waals surface area contributed by atoms with Gasteiger partial charge in [-0.05, 0) is 24.5 Å². The van der Waals surface area contributed by atoms with Crippen molar-refractivity contribution in [1.82, 2.24) is 5.32 Å². The first kappa shape index (κ1) is 15.4. The van der Waals surface area contributed by atoms with Crippen LogP contribution in [0.2, 0.25) is 0 Å². The van der Waals surface area contributed by atoms with Crippen LogP contribution in [0.3, 0.4) is 0 Å². The zero-order valence-electron chi connectivity index (χ0n) is 10.9. The number of hydrogen-bond donors (Lipinski definition) is 3. The molecule has 106 valence electrons. The smallest absolute Gasteiger partial charge is 0.257 e. The summed E-state index contributed by atoms with van der Waals surface area (Å²) in [5.74, 6) is -2.75. The fraction of sp³-hybridized carbons (Fsp3) is 0.462. The summed E-state index contributed by atoms with van der Waals surface area (Å²) >= 11 is 0. The van der Waals surface area contributed by atoms with Crippen LogP contribution < -0.4 is 11.1 Å². The molecule has 1 aromatic rings. The first-order chi connectivity index (χ1) is 8.86. The third-order valence-electron chi connectivity index (χ3n) is 2.66. The molecule has 0 aliphatic carbocycles. The fourth-order valence-electron chi connectivity index (χ4n) is 1.78. The van der Waals surface area contributed by atoms with E-state index in [2.05, 4.69) is 5.32 Å². The van der Waals surface area contributed by atoms with E-state index in [1.807, 2.05) is 13.8 Å². The van der Waals surface area contributed by atoms with Crippen LogP contribution in [0.25, 0.3) is 0 Å². The Morgan fingerprint density at radius 1 is 1.42 bits per heavy atom. The summed E-state index contributed by atoms with van der Waals surface area (Å²) in [6, 6.07) is 1.44. The van der Waals surface area contributed by atoms with E-state index in [4.69, 9.17) is 10.8 Å². The zero-order chi connectivity index (χ0) is 14.6. The standard InChI is InChI=1S/C13H18F2N2O2/c1-7(2)5-8(6-18)17-13(19)11-9(14)3-4-10(16)12(11)15/h3-4,7-8,18H,5-6,16H2,1-2H3,(H,17,19). The van der Waals surface area contributed by atoms with Gasteiger partial charge in [-0.1, -0.05) is 13.8 Å². The minimum absolute atomic E-state index is 0.230. The molecule has 6 heteroatoms. The molecule has 1 amide bonds. The van der Waals surface area contributed by atoms with Crippen molar-refractivity contribution in [3.05, 3.63) is 29.3 Å². The molecule has 0 aromatic heterocycles. The number of amides is 1. The van der Waals surface area contributed by atoms with Crippen LogP contribution in [0, 0.1) is 17.6 Å². The summed E-state index contributed by atoms with van der Waals surface area (Å²) in [6.07, 6.45) is 0.508. The molecule has 0 saturated carbocycles. The predicted molar refractivity (Wildman–Crippen MR) is 68.6 cm³/mol. The average molecular weight is 272 g/mol. The van der Waals surface area contributed by atoms with Crippen LogP contribution in [0.15, 0.2) is 12.1 Å². The van der Waals surface area contributed by atoms with Crippen molar-refractivity contribution in [3.63, 3.8) is 0 Å². The molecular formula is C13H18F2N2O2. The van der Waals surface area contributed by atoms with Gasteiger partial charge in [0.25, 0.3) is 5.91 Å². The highest BCUT2D eigenvalue weighted by molar-refractivity contribution is 5.95. The first-order valence-corrected chi connectivity index (χ1v) is 6.02. The number of nitrogens with two attached hydrogens (primary N) is 1. The Kier molecular flexibility index (Phi) is 5.23. The Labute approximate surface area is 110 Å². The molecule has 1 aromatic carbocycles. The Morgan fingerprint density at radius 2 is 2.05 bits per heavy atom. The molecule has 4 nitrogen and oxygen atoms in total. The third kappa shape index (κ3) is 3.89. The van der Waals surface area contributed by atoms with E-state index in [1.165, 1.54) is 0 Å². The lowest BCUT2D eigenvalue weighted by Crippen LogP contribution is -2.39. The number of benzene rings is 1. The maximum absolute atomic E-state index is 13.6. The molecule has 0 saturated heterocycles. The Hall–Kier alpha value is -1.69. The second kappa shape index (κ2) is 6.47. The number of halogens is 2. The minimum atomic E-state index is -1.08. The van der Waals surface area contributed by atoms with E-state index in [1.54, 1.807) is 0 Å². The first-order valence-electron chi connectivity index (χ1n) is 6.02. The van der Waals surface area contributed by atoms with Crippen LogP contribution in [0.5, 0.6) is 0 Å². The number of nitrogen functional groups attached to an aromatic ring is 1. The van der Waals surface area contributed by atoms with Gasteiger partial charge in [-0.3, -0.25) is 4.79 Å². The molecular weight excluding hydrogens is 254 g/mol. The Bertz CT molecular complexity index is 464. The molecule has 0 aliphatic heterocycles. The summed E-state index contributed by atoms with van der Waals surface area (Å²) < 4.78 is 27.1. The molecule has 19 heavy (non-hydrogen) atoms. The van der Waals surface area contributed by atoms with E-state index in [9.17, 15) is 13.6 Å². The summed E-state index contributed by atoms with van der Waals surface area (Å²) in [6.45, 7) is 3.53. The molecule has 0 aliphatic rings. The SMILES string of the molecule is CC(C)CC(CO)NC(=O)c1c(F)ccc(N)c1F. The van der Waals surface area contributed by atoms with E-state index >= 15 is 0 Å². The number of carbonyl (C=O) groups is 1. The van der Waals surface area contributed by atoms with Crippen LogP contribution in [-0.2, 0) is 0 Å². The van der Waals surface area contributed by atoms with Gasteiger partial charge in [-0.2, -0.15) is 0 Å². The molecule has 1 atom stereocenters. The second-order valence-corrected chi connectivity index (χ2v) is 4.81. The number of aliphatic hydroxyl groups excluding tert-OH is 1. The lowest BCUT2D eigenvalue weighted by Gasteiger charge is -2.18. The van der Waals surface area contributed by atoms with Crippen LogP contribution in [0.4, 0.5) is 14.5 Å². The Balaban J connectivity index is 2.92. The highest BCUT2D eigenvalue weighted by Crippen LogP contribution is 2.19. The van der Waals surface area contributed by atoms with E-state index in [0.29, 0.717) is 6.42 Å². The fourth-order valence-corrected chi connectivity index (χ4v) is 1.78. The van der Waals surface area contributed by atoms with Crippen molar-refractivity contribution in [3.8, 4) is 0 Å². The topological polar surface area (TPSA) is 75.3 Å². The van der Waals surface area contributed by atoms with Crippen molar-refractivity contribution in [2.75, 3.05) is 12.3 Å². The third-order valence-corrected chi connectivity index (χ3v) is 2.66. The summed E-state index contributed by atoms with van der Waals surface area (Å²) in [5.41, 5.74) is 4.28. The molecule has 0 bridgehead atoms. The van der Waals surface area contributed by atoms with Crippen molar-refractivity contribution in [2.24, 2.45) is 5.92 Å². The number of anilines is 1. The predicted octanol–water partition coefficient (Wildman–Crippen LogP) is 1.68. The normalized spacial score (nSPS) is 12.5. The van der Waals surface area contributed by atoms with Crippen LogP contribution in [-0.4, -0.2) is 23.7 Å². The summed E-state index contributed by atoms with van der Waals surface area (Å²) in [4.78, 5) is 11.8. The van der Waals surface area contributed by atoms with Gasteiger partial charge in [0.1, 0.15) is 11.4 Å². The highest BCUT2D eigenvalue weighted by atomic mass is 19.1. The lowest BCUT2D eigenvalue weighted by molar-refractivity contribution is 0.0900. The summed E-state index contributed by atoms with van der Waals surface area (Å²) in [7, 11) is 0. The van der Waals surface area contributed by atoms with Crippen molar-refractivity contribution in [2.45, 2.75) is 26.3 Å². The number of aliphatic hydroxyl groups is 1. The molecule has 4 N–H and O–H groups in total. The van der Waals surface area contributed by atoms with E-state index < -0.39 is 29.1 Å². The molecule has 0 radical (unpaired) electrons. The molecule has 0 spiro atoms. The minimum Gasteiger partial charge on any atom is -0.396 e. The maximum atomic E-state index is 13.6. The Morgan fingerprint density at radius 3 is 2.58 bits per heavy atom. The van der Waals surface area contributed by atoms with Crippen LogP contribution >= 0.6 is 0 Å². The molecule has 1 rings (SSSR count). The van der Waals surface area contributed by atoms with Crippen molar-refractivity contribution < 1.29 is 18.7 Å². The number of nitrogens with one attached hydrogen (secondary N) is 1. The van der Waals surface area contributed by atoms with Crippen molar-refractivity contribution >= 4 is 11.6 Å². The quantitative estimate of drug-likeness (QED) is 0.714. The van der Waals surface area contributed by atoms with Gasteiger partial charge in [0.05, 0.1) is 18.3 Å². The molecule has 0 heterocycles. The second-order valence-electron chi connectivity index (χ2n) is 4.81. The average Bonchev–Trinajstić information content (AvgIpc) is 2.33. The highest BCUT2D eigenvalue weighted by Gasteiger charge is 2.22. The van der Waals surface area contributed by atoms with E-state index in [0.717, 1.165) is 12.1 Å². The van der Waals surface area contributed by atoms with Gasteiger partial charge in [0.2, 0.25) is 0 Å². The number of carbonyl (C=O) groups excluding carboxylic acids is 1. The van der Waals surface area contributed by atoms with Crippen LogP contribution in [0.1, 0.15) is 30.6 Å². The maximum Gasteiger partial charge on any atom is 0.257 e. The van der Waals surface area contributed by atoms with Gasteiger partial charge in [0, 0.05) is 0 Å². The number of rotatable bonds is 5. The van der Waals surface area contributed by atoms with Gasteiger partial charge in [-0.25, -0.2) is 8.78 Å². The van der Waals surface area contributed by atoms with Crippen molar-refractivity contribution in [1.29, 1.82) is 0 Å². The largest absolute Gasteiger partial charge is 0.396 e. The zero-order valence-corrected chi connectivity index (χ0v) is 10.9. The van der Waals surface area contributed by atoms with E-state index in [-0.39, 0.29) is 18.2 Å². The van der Waals surface area contributed by atoms with Gasteiger partial charge in [-0.15, -0.1) is 0 Å². The van der Waals surface area contributed by atoms with Gasteiger partial charge < -0.3 is 16.2 Å². The van der Waals surface area contributed by atoms with Gasteiger partial charge >= 0.3 is 0 Å². The summed E-state index contributed by atoms with van der Waals surface area (Å²) in [5, 5.41) is 11.5. The number of hydrogen-bond acceptors (Lipinski definition) is 3. The van der Waals surface area contributed by atoms with Gasteiger partial charge in [0.15, 0.2) is 5.82 Å².